The monoisotopic (exact) mass is 393 g/mol. The highest BCUT2D eigenvalue weighted by Crippen LogP contribution is 2.64. The summed E-state index contributed by atoms with van der Waals surface area (Å²) in [6.45, 7) is 0. The minimum atomic E-state index is -5.92. The van der Waals surface area contributed by atoms with Crippen LogP contribution in [-0.2, 0) is 4.52 Å². The molecule has 2 rings (SSSR count). The number of hydrogen-bond donors (Lipinski definition) is 0. The molecule has 0 bridgehead atoms. The average Bonchev–Trinajstić information content (AvgIpc) is 2.47. The molecule has 1 aromatic carbocycles. The summed E-state index contributed by atoms with van der Waals surface area (Å²) in [7, 11) is -3.04. The zero-order valence-corrected chi connectivity index (χ0v) is 13.8. The van der Waals surface area contributed by atoms with Crippen molar-refractivity contribution < 1.29 is 35.7 Å². The van der Waals surface area contributed by atoms with Crippen LogP contribution in [0, 0.1) is 0 Å². The maximum atomic E-state index is 13.2. The Labute approximate surface area is 130 Å². The fourth-order valence-corrected chi connectivity index (χ4v) is 5.01. The van der Waals surface area contributed by atoms with Crippen LogP contribution in [0.4, 0.5) is 22.0 Å². The second-order valence-electron chi connectivity index (χ2n) is 3.81. The van der Waals surface area contributed by atoms with Gasteiger partial charge < -0.3 is 9.26 Å². The number of ether oxygens (including phenoxy) is 1. The van der Waals surface area contributed by atoms with E-state index in [9.17, 15) is 22.0 Å². The van der Waals surface area contributed by atoms with E-state index in [0.717, 1.165) is 0 Å². The molecule has 23 heavy (non-hydrogen) atoms. The number of alkyl halides is 5. The first-order valence-corrected chi connectivity index (χ1v) is 8.73. The van der Waals surface area contributed by atoms with Gasteiger partial charge in [-0.25, -0.2) is 4.52 Å². The van der Waals surface area contributed by atoms with Crippen LogP contribution in [0.5, 0.6) is 11.5 Å². The number of rotatable bonds is 5. The highest BCUT2D eigenvalue weighted by Gasteiger charge is 2.63. The fourth-order valence-electron chi connectivity index (χ4n) is 1.24. The van der Waals surface area contributed by atoms with E-state index in [1.807, 2.05) is 0 Å². The van der Waals surface area contributed by atoms with E-state index in [0.29, 0.717) is 5.75 Å². The second kappa shape index (κ2) is 6.77. The molecule has 14 heteroatoms. The van der Waals surface area contributed by atoms with Crippen LogP contribution < -0.4 is 9.26 Å². The number of hydrogen-bond acceptors (Lipinski definition) is 6. The maximum Gasteiger partial charge on any atom is 0.483 e. The first-order chi connectivity index (χ1) is 10.7. The van der Waals surface area contributed by atoms with Gasteiger partial charge in [-0.2, -0.15) is 26.5 Å². The summed E-state index contributed by atoms with van der Waals surface area (Å²) in [5, 5.41) is 0. The summed E-state index contributed by atoms with van der Waals surface area (Å²) in [5.41, 5.74) is 0. The Bertz CT molecular complexity index is 677. The summed E-state index contributed by atoms with van der Waals surface area (Å²) in [6.07, 6.45) is -11.4. The van der Waals surface area contributed by atoms with Crippen molar-refractivity contribution in [3.05, 3.63) is 24.3 Å². The van der Waals surface area contributed by atoms with Gasteiger partial charge in [-0.3, -0.25) is 0 Å². The molecule has 1 heterocycles. The standard InChI is InChI=1S/C9H7F5N3O3P3/c1-18-6-2-4-7(5-3-6)19-23(16-21-15-22-17-23)20-9(13,14)8(10,11)12/h2-5H,1H3. The smallest absolute Gasteiger partial charge is 0.483 e. The van der Waals surface area contributed by atoms with E-state index in [1.54, 1.807) is 0 Å². The van der Waals surface area contributed by atoms with Gasteiger partial charge in [0.2, 0.25) is 0 Å². The molecule has 1 atom stereocenters. The summed E-state index contributed by atoms with van der Waals surface area (Å²) >= 11 is 0. The van der Waals surface area contributed by atoms with Gasteiger partial charge in [-0.05, 0) is 24.3 Å². The minimum Gasteiger partial charge on any atom is -0.497 e. The normalized spacial score (nSPS) is 22.3. The molecule has 0 aromatic heterocycles. The first kappa shape index (κ1) is 18.2. The third-order valence-electron chi connectivity index (χ3n) is 2.23. The van der Waals surface area contributed by atoms with E-state index in [-0.39, 0.29) is 22.8 Å². The third kappa shape index (κ3) is 4.44. The van der Waals surface area contributed by atoms with Crippen LogP contribution in [0.2, 0.25) is 0 Å². The van der Waals surface area contributed by atoms with Crippen molar-refractivity contribution in [2.24, 2.45) is 13.5 Å². The van der Waals surface area contributed by atoms with Gasteiger partial charge in [0, 0.05) is 0 Å². The Morgan fingerprint density at radius 1 is 1.00 bits per heavy atom. The first-order valence-electron chi connectivity index (χ1n) is 5.60. The highest BCUT2D eigenvalue weighted by atomic mass is 31.2. The highest BCUT2D eigenvalue weighted by molar-refractivity contribution is 7.65. The van der Waals surface area contributed by atoms with Crippen LogP contribution in [-0.4, -0.2) is 19.4 Å². The molecule has 1 unspecified atom stereocenters. The van der Waals surface area contributed by atoms with Crippen molar-refractivity contribution >= 4 is 24.7 Å². The van der Waals surface area contributed by atoms with E-state index in [1.165, 1.54) is 31.4 Å². The Balaban J connectivity index is 2.32. The van der Waals surface area contributed by atoms with Gasteiger partial charge in [0.25, 0.3) is 0 Å². The average molecular weight is 393 g/mol. The van der Waals surface area contributed by atoms with E-state index < -0.39 is 19.9 Å². The van der Waals surface area contributed by atoms with Crippen LogP contribution in [0.25, 0.3) is 0 Å². The van der Waals surface area contributed by atoms with Crippen LogP contribution in [0.3, 0.4) is 0 Å². The Kier molecular flexibility index (Phi) is 5.36. The molecule has 0 radical (unpaired) electrons. The zero-order chi connectivity index (χ0) is 17.1. The number of benzene rings is 1. The summed E-state index contributed by atoms with van der Waals surface area (Å²) in [4.78, 5) is 0. The molecule has 1 aromatic rings. The lowest BCUT2D eigenvalue weighted by molar-refractivity contribution is -0.361. The number of methoxy groups -OCH3 is 1. The Morgan fingerprint density at radius 3 is 2.09 bits per heavy atom. The van der Waals surface area contributed by atoms with Gasteiger partial charge in [-0.15, -0.1) is 9.03 Å². The minimum absolute atomic E-state index is 0.0445. The summed E-state index contributed by atoms with van der Waals surface area (Å²) < 4.78 is 87.9. The molecule has 1 aliphatic heterocycles. The number of nitrogens with zero attached hydrogens (tertiary/aromatic N) is 3. The molecule has 1 aliphatic rings. The van der Waals surface area contributed by atoms with Crippen molar-refractivity contribution in [2.75, 3.05) is 7.11 Å². The lowest BCUT2D eigenvalue weighted by Gasteiger charge is -2.25. The van der Waals surface area contributed by atoms with Crippen LogP contribution in [0.15, 0.2) is 37.8 Å². The molecular formula is C9H7F5N3O3P3. The predicted octanol–water partition coefficient (Wildman–Crippen LogP) is 6.30. The van der Waals surface area contributed by atoms with E-state index in [4.69, 9.17) is 9.26 Å². The van der Waals surface area contributed by atoms with Crippen molar-refractivity contribution in [1.29, 1.82) is 0 Å². The van der Waals surface area contributed by atoms with Crippen molar-refractivity contribution in [1.82, 2.24) is 0 Å². The van der Waals surface area contributed by atoms with Gasteiger partial charge >= 0.3 is 19.9 Å². The van der Waals surface area contributed by atoms with Crippen molar-refractivity contribution in [3.8, 4) is 11.5 Å². The molecule has 0 N–H and O–H groups in total. The predicted molar refractivity (Wildman–Crippen MR) is 73.8 cm³/mol. The lowest BCUT2D eigenvalue weighted by atomic mass is 10.3. The maximum absolute atomic E-state index is 13.2. The molecule has 0 saturated carbocycles. The molecule has 0 aliphatic carbocycles. The Hall–Kier alpha value is -1.14. The quantitative estimate of drug-likeness (QED) is 0.436. The van der Waals surface area contributed by atoms with Crippen molar-refractivity contribution in [3.63, 3.8) is 0 Å². The van der Waals surface area contributed by atoms with Crippen LogP contribution >= 0.6 is 24.7 Å². The molecular weight excluding hydrogens is 386 g/mol. The molecule has 0 amide bonds. The molecule has 0 spiro atoms. The van der Waals surface area contributed by atoms with E-state index in [2.05, 4.69) is 18.1 Å². The zero-order valence-electron chi connectivity index (χ0n) is 11.1. The molecule has 6 nitrogen and oxygen atoms in total. The SMILES string of the molecule is COc1ccc(OP2(OC(F)(F)C(F)(F)F)=NP=NP=N2)cc1. The lowest BCUT2D eigenvalue weighted by Crippen LogP contribution is -2.38. The van der Waals surface area contributed by atoms with Crippen LogP contribution in [0.1, 0.15) is 0 Å². The van der Waals surface area contributed by atoms with Gasteiger partial charge in [0.15, 0.2) is 17.0 Å². The molecule has 126 valence electrons. The molecule has 0 saturated heterocycles. The topological polar surface area (TPSA) is 64.8 Å². The van der Waals surface area contributed by atoms with Gasteiger partial charge in [0.1, 0.15) is 11.5 Å². The Morgan fingerprint density at radius 2 is 1.61 bits per heavy atom. The fraction of sp³-hybridized carbons (Fsp3) is 0.333. The van der Waals surface area contributed by atoms with E-state index >= 15 is 0 Å². The second-order valence-corrected chi connectivity index (χ2v) is 7.66. The van der Waals surface area contributed by atoms with Crippen molar-refractivity contribution in [2.45, 2.75) is 12.3 Å². The third-order valence-corrected chi connectivity index (χ3v) is 6.24. The van der Waals surface area contributed by atoms with Gasteiger partial charge in [0.05, 0.1) is 7.11 Å². The summed E-state index contributed by atoms with van der Waals surface area (Å²) in [5.74, 6) is 0.395. The number of halogens is 5. The molecule has 0 fully saturated rings. The van der Waals surface area contributed by atoms with Gasteiger partial charge in [-0.1, -0.05) is 0 Å². The largest absolute Gasteiger partial charge is 0.497 e. The summed E-state index contributed by atoms with van der Waals surface area (Å²) in [6, 6.07) is 5.47.